The molecule has 0 atom stereocenters. The summed E-state index contributed by atoms with van der Waals surface area (Å²) in [4.78, 5) is 36.8. The highest BCUT2D eigenvalue weighted by Crippen LogP contribution is 2.22. The Morgan fingerprint density at radius 2 is 1.83 bits per heavy atom. The normalized spacial score (nSPS) is 15.2. The number of nitrogens with one attached hydrogen (secondary N) is 1. The first-order valence-corrected chi connectivity index (χ1v) is 8.41. The molecule has 3 N–H and O–H groups in total. The van der Waals surface area contributed by atoms with Crippen LogP contribution in [0.15, 0.2) is 18.2 Å². The number of nitrogens with zero attached hydrogens (tertiary/aromatic N) is 1. The van der Waals surface area contributed by atoms with E-state index < -0.39 is 0 Å². The monoisotopic (exact) mass is 371 g/mol. The number of nitrogens with two attached hydrogens (primary N) is 1. The molecule has 1 saturated heterocycles. The van der Waals surface area contributed by atoms with E-state index in [0.29, 0.717) is 30.1 Å². The minimum atomic E-state index is -0.384. The van der Waals surface area contributed by atoms with Gasteiger partial charge in [0.2, 0.25) is 11.8 Å². The molecule has 0 spiro atoms. The largest absolute Gasteiger partial charge is 0.370 e. The van der Waals surface area contributed by atoms with Gasteiger partial charge < -0.3 is 16.0 Å². The Morgan fingerprint density at radius 3 is 2.42 bits per heavy atom. The molecule has 0 bridgehead atoms. The van der Waals surface area contributed by atoms with E-state index in [4.69, 9.17) is 28.9 Å². The first kappa shape index (κ1) is 18.5. The van der Waals surface area contributed by atoms with E-state index in [9.17, 15) is 14.4 Å². The Balaban J connectivity index is 1.80. The number of hydrogen-bond donors (Lipinski definition) is 2. The summed E-state index contributed by atoms with van der Waals surface area (Å²) in [5.74, 6) is -0.613. The number of rotatable bonds is 5. The summed E-state index contributed by atoms with van der Waals surface area (Å²) in [5.41, 5.74) is 5.53. The molecule has 0 radical (unpaired) electrons. The van der Waals surface area contributed by atoms with Crippen LogP contribution < -0.4 is 11.1 Å². The van der Waals surface area contributed by atoms with Gasteiger partial charge in [0.1, 0.15) is 0 Å². The van der Waals surface area contributed by atoms with Gasteiger partial charge in [-0.25, -0.2) is 0 Å². The van der Waals surface area contributed by atoms with Gasteiger partial charge in [-0.05, 0) is 37.0 Å². The Labute approximate surface area is 150 Å². The average Bonchev–Trinajstić information content (AvgIpc) is 2.55. The molecule has 1 aromatic carbocycles. The van der Waals surface area contributed by atoms with Gasteiger partial charge in [0.15, 0.2) is 0 Å². The highest BCUT2D eigenvalue weighted by molar-refractivity contribution is 6.42. The van der Waals surface area contributed by atoms with Crippen molar-refractivity contribution in [3.8, 4) is 0 Å². The molecule has 1 fully saturated rings. The number of carbonyl (C=O) groups is 3. The second kappa shape index (κ2) is 8.35. The molecule has 0 saturated carbocycles. The summed E-state index contributed by atoms with van der Waals surface area (Å²) in [6, 6.07) is 4.53. The Morgan fingerprint density at radius 1 is 1.17 bits per heavy atom. The van der Waals surface area contributed by atoms with Crippen LogP contribution in [0.5, 0.6) is 0 Å². The molecular weight excluding hydrogens is 353 g/mol. The van der Waals surface area contributed by atoms with Gasteiger partial charge in [0.05, 0.1) is 16.6 Å². The Hall–Kier alpha value is -1.79. The van der Waals surface area contributed by atoms with Gasteiger partial charge in [-0.1, -0.05) is 23.2 Å². The van der Waals surface area contributed by atoms with Crippen LogP contribution >= 0.6 is 23.2 Å². The summed E-state index contributed by atoms with van der Waals surface area (Å²) in [5, 5.41) is 3.23. The van der Waals surface area contributed by atoms with Crippen molar-refractivity contribution in [2.24, 2.45) is 11.7 Å². The minimum Gasteiger partial charge on any atom is -0.370 e. The summed E-state index contributed by atoms with van der Waals surface area (Å²) in [6.45, 7) is 1.05. The third-order valence-electron chi connectivity index (χ3n) is 4.04. The number of halogens is 2. The van der Waals surface area contributed by atoms with Crippen molar-refractivity contribution in [1.29, 1.82) is 0 Å². The van der Waals surface area contributed by atoms with E-state index in [-0.39, 0.29) is 35.2 Å². The maximum atomic E-state index is 12.2. The van der Waals surface area contributed by atoms with Gasteiger partial charge >= 0.3 is 0 Å². The van der Waals surface area contributed by atoms with Crippen molar-refractivity contribution >= 4 is 40.9 Å². The van der Waals surface area contributed by atoms with Gasteiger partial charge in [0.25, 0.3) is 5.91 Å². The molecule has 0 aliphatic carbocycles. The van der Waals surface area contributed by atoms with Crippen LogP contribution in [-0.2, 0) is 9.59 Å². The zero-order valence-corrected chi connectivity index (χ0v) is 14.6. The maximum absolute atomic E-state index is 12.2. The van der Waals surface area contributed by atoms with E-state index in [0.717, 1.165) is 12.8 Å². The molecule has 6 nitrogen and oxygen atoms in total. The predicted molar refractivity (Wildman–Crippen MR) is 91.9 cm³/mol. The summed E-state index contributed by atoms with van der Waals surface area (Å²) < 4.78 is 0. The quantitative estimate of drug-likeness (QED) is 0.826. The summed E-state index contributed by atoms with van der Waals surface area (Å²) in [6.07, 6.45) is 1.85. The molecular formula is C16H19Cl2N3O3. The molecule has 3 amide bonds. The topological polar surface area (TPSA) is 92.5 Å². The van der Waals surface area contributed by atoms with Crippen LogP contribution in [-0.4, -0.2) is 42.3 Å². The smallest absolute Gasteiger partial charge is 0.251 e. The van der Waals surface area contributed by atoms with Crippen LogP contribution in [0.1, 0.15) is 29.6 Å². The fourth-order valence-electron chi connectivity index (χ4n) is 2.68. The zero-order chi connectivity index (χ0) is 17.7. The Bertz CT molecular complexity index is 643. The number of likely N-dealkylation sites (tertiary alicyclic amines) is 1. The van der Waals surface area contributed by atoms with Gasteiger partial charge in [-0.3, -0.25) is 14.4 Å². The molecule has 0 aromatic heterocycles. The van der Waals surface area contributed by atoms with E-state index in [1.165, 1.54) is 12.1 Å². The Kier molecular flexibility index (Phi) is 6.45. The number of primary amides is 1. The van der Waals surface area contributed by atoms with Crippen LogP contribution in [0.4, 0.5) is 0 Å². The highest BCUT2D eigenvalue weighted by atomic mass is 35.5. The van der Waals surface area contributed by atoms with E-state index in [1.807, 2.05) is 0 Å². The maximum Gasteiger partial charge on any atom is 0.251 e. The minimum absolute atomic E-state index is 0.0838. The third-order valence-corrected chi connectivity index (χ3v) is 4.78. The molecule has 1 heterocycles. The summed E-state index contributed by atoms with van der Waals surface area (Å²) >= 11 is 11.7. The first-order valence-electron chi connectivity index (χ1n) is 7.66. The number of carbonyl (C=O) groups excluding carboxylic acids is 3. The molecule has 130 valence electrons. The van der Waals surface area contributed by atoms with Crippen molar-refractivity contribution in [2.45, 2.75) is 19.3 Å². The molecule has 1 aromatic rings. The molecule has 8 heteroatoms. The van der Waals surface area contributed by atoms with Crippen molar-refractivity contribution < 1.29 is 14.4 Å². The van der Waals surface area contributed by atoms with Gasteiger partial charge in [-0.2, -0.15) is 0 Å². The van der Waals surface area contributed by atoms with E-state index in [2.05, 4.69) is 5.32 Å². The summed E-state index contributed by atoms with van der Waals surface area (Å²) in [7, 11) is 0. The fraction of sp³-hybridized carbons (Fsp3) is 0.438. The van der Waals surface area contributed by atoms with Crippen molar-refractivity contribution in [3.05, 3.63) is 33.8 Å². The molecule has 24 heavy (non-hydrogen) atoms. The average molecular weight is 372 g/mol. The lowest BCUT2D eigenvalue weighted by atomic mass is 9.93. The second-order valence-corrected chi connectivity index (χ2v) is 6.62. The van der Waals surface area contributed by atoms with Gasteiger partial charge in [0, 0.05) is 25.1 Å². The standard InChI is InChI=1S/C16H19Cl2N3O3/c17-12-2-1-11(8-13(12)18)16(24)20-9-15(23)21-5-3-10(4-6-21)7-14(19)22/h1-2,8,10H,3-7,9H2,(H2,19,22)(H,20,24). The van der Waals surface area contributed by atoms with Crippen LogP contribution in [0.3, 0.4) is 0 Å². The van der Waals surface area contributed by atoms with Crippen molar-refractivity contribution in [1.82, 2.24) is 10.2 Å². The molecule has 2 rings (SSSR count). The van der Waals surface area contributed by atoms with Crippen molar-refractivity contribution in [3.63, 3.8) is 0 Å². The molecule has 0 unspecified atom stereocenters. The van der Waals surface area contributed by atoms with E-state index >= 15 is 0 Å². The first-order chi connectivity index (χ1) is 11.4. The predicted octanol–water partition coefficient (Wildman–Crippen LogP) is 1.84. The zero-order valence-electron chi connectivity index (χ0n) is 13.1. The SMILES string of the molecule is NC(=O)CC1CCN(C(=O)CNC(=O)c2ccc(Cl)c(Cl)c2)CC1. The van der Waals surface area contributed by atoms with Gasteiger partial charge in [-0.15, -0.1) is 0 Å². The number of benzene rings is 1. The number of hydrogen-bond acceptors (Lipinski definition) is 3. The third kappa shape index (κ3) is 5.11. The fourth-order valence-corrected chi connectivity index (χ4v) is 2.98. The number of amides is 3. The molecule has 1 aliphatic heterocycles. The molecule has 1 aliphatic rings. The lowest BCUT2D eigenvalue weighted by Gasteiger charge is -2.31. The van der Waals surface area contributed by atoms with Crippen LogP contribution in [0.25, 0.3) is 0 Å². The van der Waals surface area contributed by atoms with Crippen LogP contribution in [0, 0.1) is 5.92 Å². The highest BCUT2D eigenvalue weighted by Gasteiger charge is 2.24. The van der Waals surface area contributed by atoms with Crippen LogP contribution in [0.2, 0.25) is 10.0 Å². The number of piperidine rings is 1. The second-order valence-electron chi connectivity index (χ2n) is 5.81. The van der Waals surface area contributed by atoms with E-state index in [1.54, 1.807) is 11.0 Å². The lowest BCUT2D eigenvalue weighted by Crippen LogP contribution is -2.44. The van der Waals surface area contributed by atoms with Crippen molar-refractivity contribution in [2.75, 3.05) is 19.6 Å². The lowest BCUT2D eigenvalue weighted by molar-refractivity contribution is -0.131.